The number of nitrogens with zero attached hydrogens (tertiary/aromatic N) is 1. The molecular formula is C9H13NOS. The van der Waals surface area contributed by atoms with Crippen LogP contribution in [0, 0.1) is 0 Å². The van der Waals surface area contributed by atoms with Crippen molar-refractivity contribution in [2.75, 3.05) is 0 Å². The fourth-order valence-electron chi connectivity index (χ4n) is 1.18. The zero-order valence-corrected chi connectivity index (χ0v) is 8.23. The van der Waals surface area contributed by atoms with Gasteiger partial charge in [-0.05, 0) is 12.8 Å². The van der Waals surface area contributed by atoms with Gasteiger partial charge in [0.15, 0.2) is 6.29 Å². The van der Waals surface area contributed by atoms with Gasteiger partial charge in [-0.3, -0.25) is 4.79 Å². The third-order valence-electron chi connectivity index (χ3n) is 1.99. The Bertz CT molecular complexity index is 253. The van der Waals surface area contributed by atoms with Crippen LogP contribution in [0.4, 0.5) is 0 Å². The van der Waals surface area contributed by atoms with Gasteiger partial charge in [0.05, 0.1) is 9.88 Å². The molecule has 1 aromatic heterocycles. The van der Waals surface area contributed by atoms with Gasteiger partial charge in [0, 0.05) is 12.1 Å². The highest BCUT2D eigenvalue weighted by Crippen LogP contribution is 2.26. The number of rotatable bonds is 4. The topological polar surface area (TPSA) is 30.0 Å². The number of aldehydes is 1. The molecule has 0 N–H and O–H groups in total. The van der Waals surface area contributed by atoms with Crippen molar-refractivity contribution >= 4 is 17.6 Å². The minimum Gasteiger partial charge on any atom is -0.297 e. The Morgan fingerprint density at radius 2 is 2.25 bits per heavy atom. The van der Waals surface area contributed by atoms with Crippen molar-refractivity contribution in [3.8, 4) is 0 Å². The van der Waals surface area contributed by atoms with E-state index in [1.165, 1.54) is 11.3 Å². The molecular weight excluding hydrogens is 170 g/mol. The number of aromatic nitrogens is 1. The molecule has 0 fully saturated rings. The Morgan fingerprint density at radius 1 is 1.58 bits per heavy atom. The van der Waals surface area contributed by atoms with Crippen molar-refractivity contribution < 1.29 is 4.79 Å². The monoisotopic (exact) mass is 183 g/mol. The van der Waals surface area contributed by atoms with E-state index in [0.29, 0.717) is 5.92 Å². The average molecular weight is 183 g/mol. The van der Waals surface area contributed by atoms with E-state index >= 15 is 0 Å². The lowest BCUT2D eigenvalue weighted by Gasteiger charge is -2.06. The fraction of sp³-hybridized carbons (Fsp3) is 0.556. The average Bonchev–Trinajstić information content (AvgIpc) is 2.55. The van der Waals surface area contributed by atoms with E-state index in [4.69, 9.17) is 0 Å². The molecule has 2 nitrogen and oxygen atoms in total. The molecule has 1 aromatic rings. The van der Waals surface area contributed by atoms with Crippen molar-refractivity contribution in [1.29, 1.82) is 0 Å². The minimum atomic E-state index is 0.531. The van der Waals surface area contributed by atoms with Gasteiger partial charge in [-0.15, -0.1) is 11.3 Å². The minimum absolute atomic E-state index is 0.531. The van der Waals surface area contributed by atoms with Crippen molar-refractivity contribution in [2.45, 2.75) is 32.6 Å². The van der Waals surface area contributed by atoms with Crippen LogP contribution in [0.15, 0.2) is 6.20 Å². The molecule has 1 heterocycles. The summed E-state index contributed by atoms with van der Waals surface area (Å²) in [5.41, 5.74) is 0. The second-order valence-corrected chi connectivity index (χ2v) is 3.83. The summed E-state index contributed by atoms with van der Waals surface area (Å²) >= 11 is 1.51. The molecule has 0 aliphatic carbocycles. The lowest BCUT2D eigenvalue weighted by Crippen LogP contribution is -1.92. The molecule has 0 saturated carbocycles. The van der Waals surface area contributed by atoms with Crippen molar-refractivity contribution in [1.82, 2.24) is 4.98 Å². The number of carbonyl (C=O) groups is 1. The lowest BCUT2D eigenvalue weighted by molar-refractivity contribution is 0.112. The van der Waals surface area contributed by atoms with E-state index in [1.54, 1.807) is 6.20 Å². The van der Waals surface area contributed by atoms with Gasteiger partial charge in [-0.2, -0.15) is 0 Å². The molecule has 12 heavy (non-hydrogen) atoms. The Labute approximate surface area is 76.6 Å². The van der Waals surface area contributed by atoms with Crippen molar-refractivity contribution in [3.63, 3.8) is 0 Å². The molecule has 1 rings (SSSR count). The zero-order valence-electron chi connectivity index (χ0n) is 7.41. The summed E-state index contributed by atoms with van der Waals surface area (Å²) in [5, 5.41) is 1.10. The van der Waals surface area contributed by atoms with E-state index in [2.05, 4.69) is 18.8 Å². The molecule has 0 spiro atoms. The quantitative estimate of drug-likeness (QED) is 0.672. The molecule has 0 unspecified atom stereocenters. The maximum atomic E-state index is 10.4. The third kappa shape index (κ3) is 1.91. The van der Waals surface area contributed by atoms with E-state index < -0.39 is 0 Å². The van der Waals surface area contributed by atoms with Crippen molar-refractivity contribution in [3.05, 3.63) is 16.1 Å². The first-order chi connectivity index (χ1) is 5.81. The van der Waals surface area contributed by atoms with Crippen LogP contribution in [0.5, 0.6) is 0 Å². The first-order valence-electron chi connectivity index (χ1n) is 4.22. The van der Waals surface area contributed by atoms with Gasteiger partial charge >= 0.3 is 0 Å². The van der Waals surface area contributed by atoms with Crippen LogP contribution in [0.2, 0.25) is 0 Å². The van der Waals surface area contributed by atoms with Crippen LogP contribution >= 0.6 is 11.3 Å². The summed E-state index contributed by atoms with van der Waals surface area (Å²) in [6.07, 6.45) is 4.72. The Hall–Kier alpha value is -0.700. The van der Waals surface area contributed by atoms with Crippen LogP contribution in [0.1, 0.15) is 47.3 Å². The fourth-order valence-corrected chi connectivity index (χ4v) is 2.18. The lowest BCUT2D eigenvalue weighted by atomic mass is 10.1. The molecule has 0 saturated heterocycles. The smallest absolute Gasteiger partial charge is 0.161 e. The number of carbonyl (C=O) groups excluding carboxylic acids is 1. The SMILES string of the molecule is CCC(CC)c1ncc(C=O)s1. The molecule has 66 valence electrons. The highest BCUT2D eigenvalue weighted by molar-refractivity contribution is 7.13. The van der Waals surface area contributed by atoms with E-state index in [0.717, 1.165) is 29.0 Å². The van der Waals surface area contributed by atoms with Crippen LogP contribution < -0.4 is 0 Å². The van der Waals surface area contributed by atoms with E-state index in [-0.39, 0.29) is 0 Å². The zero-order chi connectivity index (χ0) is 8.97. The normalized spacial score (nSPS) is 10.6. The van der Waals surface area contributed by atoms with Gasteiger partial charge in [0.1, 0.15) is 0 Å². The number of thiazole rings is 1. The maximum Gasteiger partial charge on any atom is 0.161 e. The molecule has 0 bridgehead atoms. The molecule has 0 aromatic carbocycles. The van der Waals surface area contributed by atoms with Crippen LogP contribution in [0.25, 0.3) is 0 Å². The predicted octanol–water partition coefficient (Wildman–Crippen LogP) is 2.86. The van der Waals surface area contributed by atoms with Gasteiger partial charge in [0.25, 0.3) is 0 Å². The first-order valence-corrected chi connectivity index (χ1v) is 5.04. The molecule has 3 heteroatoms. The molecule has 0 amide bonds. The van der Waals surface area contributed by atoms with Crippen LogP contribution in [-0.2, 0) is 0 Å². The molecule has 0 aliphatic heterocycles. The molecule has 0 radical (unpaired) electrons. The van der Waals surface area contributed by atoms with Gasteiger partial charge in [-0.1, -0.05) is 13.8 Å². The number of hydrogen-bond acceptors (Lipinski definition) is 3. The Kier molecular flexibility index (Phi) is 3.41. The van der Waals surface area contributed by atoms with Crippen molar-refractivity contribution in [2.24, 2.45) is 0 Å². The van der Waals surface area contributed by atoms with E-state index in [1.807, 2.05) is 0 Å². The second kappa shape index (κ2) is 4.36. The number of hydrogen-bond donors (Lipinski definition) is 0. The van der Waals surface area contributed by atoms with Crippen LogP contribution in [0.3, 0.4) is 0 Å². The summed E-state index contributed by atoms with van der Waals surface area (Å²) in [7, 11) is 0. The largest absolute Gasteiger partial charge is 0.297 e. The van der Waals surface area contributed by atoms with Crippen LogP contribution in [-0.4, -0.2) is 11.3 Å². The van der Waals surface area contributed by atoms with E-state index in [9.17, 15) is 4.79 Å². The van der Waals surface area contributed by atoms with Gasteiger partial charge < -0.3 is 0 Å². The molecule has 0 aliphatic rings. The summed E-state index contributed by atoms with van der Waals surface area (Å²) in [4.78, 5) is 15.3. The summed E-state index contributed by atoms with van der Waals surface area (Å²) in [6.45, 7) is 4.30. The summed E-state index contributed by atoms with van der Waals surface area (Å²) in [5.74, 6) is 0.531. The standard InChI is InChI=1S/C9H13NOS/c1-3-7(4-2)9-10-5-8(6-11)12-9/h5-7H,3-4H2,1-2H3. The summed E-state index contributed by atoms with van der Waals surface area (Å²) < 4.78 is 0. The third-order valence-corrected chi connectivity index (χ3v) is 3.08. The predicted molar refractivity (Wildman–Crippen MR) is 50.8 cm³/mol. The second-order valence-electron chi connectivity index (χ2n) is 2.73. The Morgan fingerprint density at radius 3 is 2.67 bits per heavy atom. The maximum absolute atomic E-state index is 10.4. The molecule has 0 atom stereocenters. The Balaban J connectivity index is 2.79. The highest BCUT2D eigenvalue weighted by Gasteiger charge is 2.10. The first kappa shape index (κ1) is 9.39. The van der Waals surface area contributed by atoms with Gasteiger partial charge in [0.2, 0.25) is 0 Å². The summed E-state index contributed by atoms with van der Waals surface area (Å²) in [6, 6.07) is 0. The van der Waals surface area contributed by atoms with Gasteiger partial charge in [-0.25, -0.2) is 4.98 Å². The highest BCUT2D eigenvalue weighted by atomic mass is 32.1.